The summed E-state index contributed by atoms with van der Waals surface area (Å²) in [7, 11) is -3.91. The van der Waals surface area contributed by atoms with E-state index in [9.17, 15) is 22.8 Å². The first-order chi connectivity index (χ1) is 15.6. The molecule has 33 heavy (non-hydrogen) atoms. The molecule has 1 aliphatic heterocycles. The average Bonchev–Trinajstić information content (AvgIpc) is 3.56. The third-order valence-corrected chi connectivity index (χ3v) is 7.62. The highest BCUT2D eigenvalue weighted by Gasteiger charge is 2.48. The zero-order valence-corrected chi connectivity index (χ0v) is 19.4. The minimum absolute atomic E-state index is 0.0387. The van der Waals surface area contributed by atoms with Crippen LogP contribution in [0.25, 0.3) is 0 Å². The van der Waals surface area contributed by atoms with Crippen molar-refractivity contribution in [1.82, 2.24) is 20.5 Å². The van der Waals surface area contributed by atoms with Crippen molar-refractivity contribution in [2.75, 3.05) is 0 Å². The molecule has 4 amide bonds. The number of urea groups is 1. The Morgan fingerprint density at radius 1 is 1.18 bits per heavy atom. The second-order valence-electron chi connectivity index (χ2n) is 8.37. The summed E-state index contributed by atoms with van der Waals surface area (Å²) in [5, 5.41) is 3.21. The van der Waals surface area contributed by atoms with E-state index in [1.165, 1.54) is 12.1 Å². The molecule has 11 heteroatoms. The molecule has 1 heterocycles. The molecular weight excluding hydrogens is 468 g/mol. The van der Waals surface area contributed by atoms with E-state index in [4.69, 9.17) is 11.6 Å². The van der Waals surface area contributed by atoms with Crippen LogP contribution in [0.1, 0.15) is 42.1 Å². The van der Waals surface area contributed by atoms with Gasteiger partial charge in [0.05, 0.1) is 5.02 Å². The third kappa shape index (κ3) is 5.02. The van der Waals surface area contributed by atoms with E-state index in [2.05, 4.69) is 15.5 Å². The quantitative estimate of drug-likeness (QED) is 0.490. The van der Waals surface area contributed by atoms with Crippen molar-refractivity contribution in [2.45, 2.75) is 49.1 Å². The van der Waals surface area contributed by atoms with Gasteiger partial charge in [0.2, 0.25) is 10.0 Å². The summed E-state index contributed by atoms with van der Waals surface area (Å²) >= 11 is 6.05. The number of hydrazine groups is 1. The topological polar surface area (TPSA) is 125 Å². The molecule has 2 aliphatic rings. The molecule has 1 atom stereocenters. The summed E-state index contributed by atoms with van der Waals surface area (Å²) in [6, 6.07) is 12.3. The first-order valence-corrected chi connectivity index (χ1v) is 12.3. The first-order valence-electron chi connectivity index (χ1n) is 10.4. The molecule has 9 nitrogen and oxygen atoms in total. The highest BCUT2D eigenvalue weighted by atomic mass is 35.5. The molecule has 0 spiro atoms. The van der Waals surface area contributed by atoms with E-state index >= 15 is 0 Å². The van der Waals surface area contributed by atoms with Crippen LogP contribution in [-0.4, -0.2) is 42.9 Å². The number of nitrogens with one attached hydrogen (secondary N) is 3. The molecule has 1 saturated carbocycles. The molecule has 0 aromatic heterocycles. The standard InChI is InChI=1S/C22H23ClN4O5S/c1-22(12-11-14-5-3-2-4-6-14)20(29)27(21(30)24-22)25-19(28)15-7-10-17(23)18(13-15)33(31,32)26-16-8-9-16/h2-7,10,13,16,26H,8-9,11-12H2,1H3,(H,24,30)(H,25,28)/t22-/m0/s1. The Labute approximate surface area is 196 Å². The van der Waals surface area contributed by atoms with Crippen molar-refractivity contribution in [2.24, 2.45) is 0 Å². The molecule has 2 aromatic rings. The van der Waals surface area contributed by atoms with E-state index in [0.29, 0.717) is 17.9 Å². The smallest absolute Gasteiger partial charge is 0.322 e. The summed E-state index contributed by atoms with van der Waals surface area (Å²) < 4.78 is 27.6. The second kappa shape index (κ2) is 8.77. The largest absolute Gasteiger partial charge is 0.344 e. The summed E-state index contributed by atoms with van der Waals surface area (Å²) in [4.78, 5) is 37.9. The molecule has 4 rings (SSSR count). The number of carbonyl (C=O) groups excluding carboxylic acids is 3. The predicted molar refractivity (Wildman–Crippen MR) is 121 cm³/mol. The van der Waals surface area contributed by atoms with Crippen molar-refractivity contribution in [3.63, 3.8) is 0 Å². The second-order valence-corrected chi connectivity index (χ2v) is 10.5. The Bertz CT molecular complexity index is 1220. The molecule has 174 valence electrons. The number of aryl methyl sites for hydroxylation is 1. The van der Waals surface area contributed by atoms with Gasteiger partial charge in [-0.05, 0) is 56.4 Å². The first kappa shape index (κ1) is 23.2. The van der Waals surface area contributed by atoms with Gasteiger partial charge in [-0.1, -0.05) is 41.9 Å². The number of halogens is 1. The highest BCUT2D eigenvalue weighted by molar-refractivity contribution is 7.89. The van der Waals surface area contributed by atoms with Crippen LogP contribution in [0.5, 0.6) is 0 Å². The summed E-state index contributed by atoms with van der Waals surface area (Å²) in [6.45, 7) is 1.60. The lowest BCUT2D eigenvalue weighted by molar-refractivity contribution is -0.132. The molecule has 2 fully saturated rings. The lowest BCUT2D eigenvalue weighted by atomic mass is 9.93. The minimum Gasteiger partial charge on any atom is -0.322 e. The fourth-order valence-corrected chi connectivity index (χ4v) is 5.33. The molecule has 0 radical (unpaired) electrons. The van der Waals surface area contributed by atoms with Crippen molar-refractivity contribution < 1.29 is 22.8 Å². The number of hydrogen-bond donors (Lipinski definition) is 3. The van der Waals surface area contributed by atoms with Crippen LogP contribution < -0.4 is 15.5 Å². The van der Waals surface area contributed by atoms with Crippen LogP contribution >= 0.6 is 11.6 Å². The van der Waals surface area contributed by atoms with Crippen molar-refractivity contribution in [3.05, 3.63) is 64.7 Å². The molecule has 3 N–H and O–H groups in total. The van der Waals surface area contributed by atoms with Crippen molar-refractivity contribution >= 4 is 39.5 Å². The van der Waals surface area contributed by atoms with Gasteiger partial charge >= 0.3 is 6.03 Å². The van der Waals surface area contributed by atoms with Gasteiger partial charge in [0.15, 0.2) is 0 Å². The zero-order valence-electron chi connectivity index (χ0n) is 17.8. The normalized spacial score (nSPS) is 20.6. The maximum absolute atomic E-state index is 12.9. The Kier molecular flexibility index (Phi) is 6.17. The van der Waals surface area contributed by atoms with E-state index in [1.54, 1.807) is 6.92 Å². The number of hydrogen-bond acceptors (Lipinski definition) is 5. The minimum atomic E-state index is -3.91. The highest BCUT2D eigenvalue weighted by Crippen LogP contribution is 2.27. The molecule has 2 aromatic carbocycles. The lowest BCUT2D eigenvalue weighted by Gasteiger charge is -2.21. The number of amides is 4. The van der Waals surface area contributed by atoms with Gasteiger partial charge in [0, 0.05) is 11.6 Å². The summed E-state index contributed by atoms with van der Waals surface area (Å²) in [6.07, 6.45) is 2.38. The zero-order chi connectivity index (χ0) is 23.8. The van der Waals surface area contributed by atoms with Crippen LogP contribution in [0.4, 0.5) is 4.79 Å². The van der Waals surface area contributed by atoms with Crippen LogP contribution in [0.15, 0.2) is 53.4 Å². The fourth-order valence-electron chi connectivity index (χ4n) is 3.50. The van der Waals surface area contributed by atoms with Gasteiger partial charge in [0.1, 0.15) is 10.4 Å². The molecule has 1 aliphatic carbocycles. The fraction of sp³-hybridized carbons (Fsp3) is 0.318. The van der Waals surface area contributed by atoms with Gasteiger partial charge in [-0.3, -0.25) is 15.0 Å². The van der Waals surface area contributed by atoms with E-state index < -0.39 is 33.4 Å². The van der Waals surface area contributed by atoms with Crippen LogP contribution in [0.2, 0.25) is 5.02 Å². The van der Waals surface area contributed by atoms with Crippen molar-refractivity contribution in [3.8, 4) is 0 Å². The maximum atomic E-state index is 12.9. The van der Waals surface area contributed by atoms with Gasteiger partial charge in [-0.2, -0.15) is 5.01 Å². The Morgan fingerprint density at radius 2 is 1.88 bits per heavy atom. The Morgan fingerprint density at radius 3 is 2.55 bits per heavy atom. The van der Waals surface area contributed by atoms with Gasteiger partial charge in [0.25, 0.3) is 11.8 Å². The summed E-state index contributed by atoms with van der Waals surface area (Å²) in [5.41, 5.74) is 2.03. The number of carbonyl (C=O) groups is 3. The molecule has 1 saturated heterocycles. The molecule has 0 bridgehead atoms. The Hall–Kier alpha value is -2.95. The lowest BCUT2D eigenvalue weighted by Crippen LogP contribution is -2.49. The van der Waals surface area contributed by atoms with E-state index in [0.717, 1.165) is 24.5 Å². The average molecular weight is 491 g/mol. The molecular formula is C22H23ClN4O5S. The van der Waals surface area contributed by atoms with Crippen LogP contribution in [-0.2, 0) is 21.2 Å². The van der Waals surface area contributed by atoms with Crippen LogP contribution in [0, 0.1) is 0 Å². The van der Waals surface area contributed by atoms with Crippen molar-refractivity contribution in [1.29, 1.82) is 0 Å². The van der Waals surface area contributed by atoms with Crippen LogP contribution in [0.3, 0.4) is 0 Å². The number of nitrogens with zero attached hydrogens (tertiary/aromatic N) is 1. The Balaban J connectivity index is 1.47. The third-order valence-electron chi connectivity index (χ3n) is 5.61. The molecule has 0 unspecified atom stereocenters. The number of imide groups is 1. The predicted octanol–water partition coefficient (Wildman–Crippen LogP) is 2.37. The van der Waals surface area contributed by atoms with E-state index in [1.807, 2.05) is 30.3 Å². The number of rotatable bonds is 8. The van der Waals surface area contributed by atoms with Gasteiger partial charge in [-0.15, -0.1) is 0 Å². The van der Waals surface area contributed by atoms with E-state index in [-0.39, 0.29) is 21.5 Å². The monoisotopic (exact) mass is 490 g/mol. The van der Waals surface area contributed by atoms with Gasteiger partial charge in [-0.25, -0.2) is 17.9 Å². The number of sulfonamides is 1. The number of benzene rings is 2. The maximum Gasteiger partial charge on any atom is 0.344 e. The summed E-state index contributed by atoms with van der Waals surface area (Å²) in [5.74, 6) is -1.42. The SMILES string of the molecule is C[C@@]1(CCc2ccccc2)NC(=O)N(NC(=O)c2ccc(Cl)c(S(=O)(=O)NC3CC3)c2)C1=O. The van der Waals surface area contributed by atoms with Gasteiger partial charge < -0.3 is 5.32 Å².